The van der Waals surface area contributed by atoms with Crippen LogP contribution in [0.2, 0.25) is 0 Å². The standard InChI is InChI=1S/C10H11N3O4/c1-5-4-7(17-13-5)10(16)11-6-2-3-8(14)12-9(6)15/h4,6H,2-3H2,1H3,(H,11,16)(H,12,14,15). The van der Waals surface area contributed by atoms with Gasteiger partial charge < -0.3 is 9.84 Å². The minimum Gasteiger partial charge on any atom is -0.351 e. The van der Waals surface area contributed by atoms with E-state index in [0.29, 0.717) is 12.1 Å². The number of rotatable bonds is 2. The second-order valence-corrected chi connectivity index (χ2v) is 3.81. The van der Waals surface area contributed by atoms with Gasteiger partial charge in [-0.25, -0.2) is 0 Å². The summed E-state index contributed by atoms with van der Waals surface area (Å²) in [6.07, 6.45) is 0.510. The molecule has 90 valence electrons. The highest BCUT2D eigenvalue weighted by molar-refractivity contribution is 6.03. The van der Waals surface area contributed by atoms with E-state index in [1.165, 1.54) is 6.07 Å². The van der Waals surface area contributed by atoms with Crippen LogP contribution in [-0.2, 0) is 9.59 Å². The van der Waals surface area contributed by atoms with Gasteiger partial charge in [0, 0.05) is 12.5 Å². The lowest BCUT2D eigenvalue weighted by atomic mass is 10.1. The van der Waals surface area contributed by atoms with E-state index in [2.05, 4.69) is 15.8 Å². The van der Waals surface area contributed by atoms with Gasteiger partial charge in [-0.2, -0.15) is 0 Å². The van der Waals surface area contributed by atoms with Gasteiger partial charge in [0.1, 0.15) is 6.04 Å². The molecule has 2 N–H and O–H groups in total. The summed E-state index contributed by atoms with van der Waals surface area (Å²) in [6, 6.07) is 0.770. The number of hydrogen-bond acceptors (Lipinski definition) is 5. The minimum atomic E-state index is -0.703. The Balaban J connectivity index is 1.99. The van der Waals surface area contributed by atoms with Crippen LogP contribution in [0.3, 0.4) is 0 Å². The fraction of sp³-hybridized carbons (Fsp3) is 0.400. The lowest BCUT2D eigenvalue weighted by molar-refractivity contribution is -0.134. The maximum absolute atomic E-state index is 11.6. The van der Waals surface area contributed by atoms with Crippen LogP contribution in [0.15, 0.2) is 10.6 Å². The highest BCUT2D eigenvalue weighted by Crippen LogP contribution is 2.07. The molecular weight excluding hydrogens is 226 g/mol. The highest BCUT2D eigenvalue weighted by Gasteiger charge is 2.28. The first-order chi connectivity index (χ1) is 8.06. The van der Waals surface area contributed by atoms with E-state index < -0.39 is 17.9 Å². The van der Waals surface area contributed by atoms with Crippen molar-refractivity contribution in [2.45, 2.75) is 25.8 Å². The van der Waals surface area contributed by atoms with Gasteiger partial charge in [0.25, 0.3) is 5.91 Å². The summed E-state index contributed by atoms with van der Waals surface area (Å²) in [7, 11) is 0. The Hall–Kier alpha value is -2.18. The Morgan fingerprint density at radius 3 is 2.94 bits per heavy atom. The molecule has 1 atom stereocenters. The third-order valence-electron chi connectivity index (χ3n) is 2.40. The van der Waals surface area contributed by atoms with E-state index >= 15 is 0 Å². The third-order valence-corrected chi connectivity index (χ3v) is 2.40. The SMILES string of the molecule is Cc1cc(C(=O)NC2CCC(=O)NC2=O)on1. The molecule has 1 unspecified atom stereocenters. The number of carbonyl (C=O) groups excluding carboxylic acids is 3. The van der Waals surface area contributed by atoms with Gasteiger partial charge >= 0.3 is 0 Å². The highest BCUT2D eigenvalue weighted by atomic mass is 16.5. The number of carbonyl (C=O) groups is 3. The Bertz CT molecular complexity index is 480. The molecule has 1 aliphatic rings. The summed E-state index contributed by atoms with van der Waals surface area (Å²) in [5, 5.41) is 8.21. The summed E-state index contributed by atoms with van der Waals surface area (Å²) in [6.45, 7) is 1.69. The van der Waals surface area contributed by atoms with Crippen LogP contribution in [0.25, 0.3) is 0 Å². The zero-order valence-corrected chi connectivity index (χ0v) is 9.15. The van der Waals surface area contributed by atoms with E-state index in [4.69, 9.17) is 4.52 Å². The molecule has 2 heterocycles. The van der Waals surface area contributed by atoms with Crippen LogP contribution in [0.4, 0.5) is 0 Å². The third kappa shape index (κ3) is 2.49. The molecule has 0 spiro atoms. The molecule has 0 aliphatic carbocycles. The number of imide groups is 1. The van der Waals surface area contributed by atoms with Crippen LogP contribution in [0.1, 0.15) is 29.1 Å². The molecule has 0 saturated carbocycles. The van der Waals surface area contributed by atoms with Crippen molar-refractivity contribution in [3.8, 4) is 0 Å². The monoisotopic (exact) mass is 237 g/mol. The zero-order chi connectivity index (χ0) is 12.4. The first kappa shape index (κ1) is 11.3. The Kier molecular flexibility index (Phi) is 2.90. The van der Waals surface area contributed by atoms with Gasteiger partial charge in [-0.1, -0.05) is 5.16 Å². The van der Waals surface area contributed by atoms with E-state index in [-0.39, 0.29) is 18.1 Å². The molecule has 7 nitrogen and oxygen atoms in total. The van der Waals surface area contributed by atoms with Crippen molar-refractivity contribution in [3.63, 3.8) is 0 Å². The number of amides is 3. The number of nitrogens with zero attached hydrogens (tertiary/aromatic N) is 1. The molecule has 1 aromatic heterocycles. The smallest absolute Gasteiger partial charge is 0.290 e. The average Bonchev–Trinajstić information content (AvgIpc) is 2.69. The molecule has 0 bridgehead atoms. The quantitative estimate of drug-likeness (QED) is 0.676. The molecule has 0 radical (unpaired) electrons. The van der Waals surface area contributed by atoms with Gasteiger partial charge in [0.05, 0.1) is 5.69 Å². The average molecular weight is 237 g/mol. The molecule has 1 fully saturated rings. The molecule has 3 amide bonds. The van der Waals surface area contributed by atoms with Crippen LogP contribution in [0, 0.1) is 6.92 Å². The Morgan fingerprint density at radius 2 is 2.35 bits per heavy atom. The number of aryl methyl sites for hydroxylation is 1. The first-order valence-electron chi connectivity index (χ1n) is 5.14. The van der Waals surface area contributed by atoms with E-state index in [9.17, 15) is 14.4 Å². The second-order valence-electron chi connectivity index (χ2n) is 3.81. The number of piperidine rings is 1. The van der Waals surface area contributed by atoms with Crippen LogP contribution < -0.4 is 10.6 Å². The van der Waals surface area contributed by atoms with Crippen molar-refractivity contribution in [2.24, 2.45) is 0 Å². The number of aromatic nitrogens is 1. The van der Waals surface area contributed by atoms with E-state index in [0.717, 1.165) is 0 Å². The summed E-state index contributed by atoms with van der Waals surface area (Å²) in [5.74, 6) is -1.28. The van der Waals surface area contributed by atoms with Gasteiger partial charge in [0.15, 0.2) is 0 Å². The zero-order valence-electron chi connectivity index (χ0n) is 9.15. The molecule has 7 heteroatoms. The van der Waals surface area contributed by atoms with Gasteiger partial charge in [0.2, 0.25) is 17.6 Å². The van der Waals surface area contributed by atoms with Crippen LogP contribution in [0.5, 0.6) is 0 Å². The lowest BCUT2D eigenvalue weighted by Crippen LogP contribution is -2.52. The Labute approximate surface area is 96.5 Å². The molecule has 1 aliphatic heterocycles. The van der Waals surface area contributed by atoms with Crippen molar-refractivity contribution < 1.29 is 18.9 Å². The van der Waals surface area contributed by atoms with Crippen molar-refractivity contribution in [1.82, 2.24) is 15.8 Å². The summed E-state index contributed by atoms with van der Waals surface area (Å²) in [4.78, 5) is 33.9. The van der Waals surface area contributed by atoms with Crippen LogP contribution in [-0.4, -0.2) is 28.9 Å². The maximum atomic E-state index is 11.6. The molecule has 0 aromatic carbocycles. The molecule has 17 heavy (non-hydrogen) atoms. The molecular formula is C10H11N3O4. The van der Waals surface area contributed by atoms with Gasteiger partial charge in [-0.05, 0) is 13.3 Å². The second kappa shape index (κ2) is 4.36. The van der Waals surface area contributed by atoms with Crippen molar-refractivity contribution in [1.29, 1.82) is 0 Å². The summed E-state index contributed by atoms with van der Waals surface area (Å²) >= 11 is 0. The Morgan fingerprint density at radius 1 is 1.59 bits per heavy atom. The fourth-order valence-electron chi connectivity index (χ4n) is 1.53. The predicted octanol–water partition coefficient (Wildman–Crippen LogP) is -0.482. The predicted molar refractivity (Wildman–Crippen MR) is 54.9 cm³/mol. The minimum absolute atomic E-state index is 0.0483. The largest absolute Gasteiger partial charge is 0.351 e. The maximum Gasteiger partial charge on any atom is 0.290 e. The first-order valence-corrected chi connectivity index (χ1v) is 5.14. The van der Waals surface area contributed by atoms with Crippen molar-refractivity contribution >= 4 is 17.7 Å². The van der Waals surface area contributed by atoms with E-state index in [1.807, 2.05) is 0 Å². The van der Waals surface area contributed by atoms with Crippen LogP contribution >= 0.6 is 0 Å². The molecule has 2 rings (SSSR count). The van der Waals surface area contributed by atoms with Crippen molar-refractivity contribution in [2.75, 3.05) is 0 Å². The number of nitrogens with one attached hydrogen (secondary N) is 2. The van der Waals surface area contributed by atoms with E-state index in [1.54, 1.807) is 6.92 Å². The summed E-state index contributed by atoms with van der Waals surface area (Å²) < 4.78 is 4.76. The molecule has 1 saturated heterocycles. The lowest BCUT2D eigenvalue weighted by Gasteiger charge is -2.20. The summed E-state index contributed by atoms with van der Waals surface area (Å²) in [5.41, 5.74) is 0.582. The topological polar surface area (TPSA) is 101 Å². The van der Waals surface area contributed by atoms with Gasteiger partial charge in [-0.15, -0.1) is 0 Å². The van der Waals surface area contributed by atoms with Gasteiger partial charge in [-0.3, -0.25) is 19.7 Å². The normalized spacial score (nSPS) is 19.9. The van der Waals surface area contributed by atoms with Crippen molar-refractivity contribution in [3.05, 3.63) is 17.5 Å². The fourth-order valence-corrected chi connectivity index (χ4v) is 1.53. The molecule has 1 aromatic rings. The number of hydrogen-bond donors (Lipinski definition) is 2.